The molecule has 4 heteroatoms. The van der Waals surface area contributed by atoms with Crippen molar-refractivity contribution in [3.8, 4) is 5.75 Å². The molecule has 0 aliphatic heterocycles. The van der Waals surface area contributed by atoms with Crippen LogP contribution in [0.3, 0.4) is 0 Å². The first-order chi connectivity index (χ1) is 9.29. The third-order valence-corrected chi connectivity index (χ3v) is 4.18. The average molecular weight is 274 g/mol. The predicted octanol–water partition coefficient (Wildman–Crippen LogP) is 3.28. The summed E-state index contributed by atoms with van der Waals surface area (Å²) in [6.45, 7) is 3.59. The molecule has 100 valence electrons. The Labute approximate surface area is 117 Å². The van der Waals surface area contributed by atoms with Crippen molar-refractivity contribution < 1.29 is 4.74 Å². The number of hydrogen-bond donors (Lipinski definition) is 1. The Hall–Kier alpha value is -1.39. The highest BCUT2D eigenvalue weighted by Gasteiger charge is 2.20. The van der Waals surface area contributed by atoms with Gasteiger partial charge in [-0.05, 0) is 44.0 Å². The monoisotopic (exact) mass is 274 g/mol. The second-order valence-electron chi connectivity index (χ2n) is 4.95. The van der Waals surface area contributed by atoms with E-state index in [2.05, 4.69) is 22.4 Å². The molecule has 0 spiro atoms. The minimum Gasteiger partial charge on any atom is -0.486 e. The van der Waals surface area contributed by atoms with Crippen molar-refractivity contribution in [1.82, 2.24) is 10.3 Å². The van der Waals surface area contributed by atoms with Crippen LogP contribution in [0.5, 0.6) is 5.75 Å². The van der Waals surface area contributed by atoms with Crippen molar-refractivity contribution in [1.29, 1.82) is 0 Å². The number of aromatic nitrogens is 1. The molecule has 1 fully saturated rings. The fourth-order valence-electron chi connectivity index (χ4n) is 1.82. The van der Waals surface area contributed by atoms with Gasteiger partial charge < -0.3 is 10.1 Å². The van der Waals surface area contributed by atoms with E-state index in [1.165, 1.54) is 22.6 Å². The van der Waals surface area contributed by atoms with Gasteiger partial charge in [-0.15, -0.1) is 11.3 Å². The van der Waals surface area contributed by atoms with Gasteiger partial charge in [0, 0.05) is 28.0 Å². The van der Waals surface area contributed by atoms with Gasteiger partial charge in [-0.3, -0.25) is 4.98 Å². The summed E-state index contributed by atoms with van der Waals surface area (Å²) in [5, 5.41) is 3.53. The van der Waals surface area contributed by atoms with Crippen LogP contribution in [-0.4, -0.2) is 11.0 Å². The predicted molar refractivity (Wildman–Crippen MR) is 77.5 cm³/mol. The van der Waals surface area contributed by atoms with Crippen molar-refractivity contribution in [3.63, 3.8) is 0 Å². The Balaban J connectivity index is 1.50. The summed E-state index contributed by atoms with van der Waals surface area (Å²) < 4.78 is 5.73. The lowest BCUT2D eigenvalue weighted by Crippen LogP contribution is -2.14. The van der Waals surface area contributed by atoms with Crippen LogP contribution in [0.1, 0.15) is 28.3 Å². The third-order valence-electron chi connectivity index (χ3n) is 3.12. The second kappa shape index (κ2) is 5.72. The molecule has 0 amide bonds. The molecule has 19 heavy (non-hydrogen) atoms. The van der Waals surface area contributed by atoms with Crippen LogP contribution in [0.2, 0.25) is 0 Å². The first-order valence-electron chi connectivity index (χ1n) is 6.66. The Kier molecular flexibility index (Phi) is 3.80. The standard InChI is InChI=1S/C15H18N2OS/c1-11-2-5-13(8-16-11)18-10-15-7-6-14(19-15)9-17-12-3-4-12/h2,5-8,12,17H,3-4,9-10H2,1H3. The maximum Gasteiger partial charge on any atom is 0.138 e. The molecule has 1 aliphatic carbocycles. The Morgan fingerprint density at radius 2 is 2.11 bits per heavy atom. The molecular weight excluding hydrogens is 256 g/mol. The molecule has 2 aromatic heterocycles. The lowest BCUT2D eigenvalue weighted by atomic mass is 10.4. The van der Waals surface area contributed by atoms with E-state index in [1.54, 1.807) is 6.20 Å². The largest absolute Gasteiger partial charge is 0.486 e. The van der Waals surface area contributed by atoms with Gasteiger partial charge in [-0.25, -0.2) is 0 Å². The summed E-state index contributed by atoms with van der Waals surface area (Å²) in [6, 6.07) is 9.03. The van der Waals surface area contributed by atoms with Gasteiger partial charge in [0.25, 0.3) is 0 Å². The Bertz CT molecular complexity index is 531. The molecule has 3 rings (SSSR count). The molecule has 2 heterocycles. The van der Waals surface area contributed by atoms with E-state index < -0.39 is 0 Å². The van der Waals surface area contributed by atoms with E-state index in [0.29, 0.717) is 6.61 Å². The lowest BCUT2D eigenvalue weighted by molar-refractivity contribution is 0.308. The molecule has 1 saturated carbocycles. The van der Waals surface area contributed by atoms with E-state index in [0.717, 1.165) is 24.0 Å². The van der Waals surface area contributed by atoms with Gasteiger partial charge in [-0.2, -0.15) is 0 Å². The summed E-state index contributed by atoms with van der Waals surface area (Å²) in [4.78, 5) is 6.86. The van der Waals surface area contributed by atoms with E-state index in [9.17, 15) is 0 Å². The molecule has 1 aliphatic rings. The fourth-order valence-corrected chi connectivity index (χ4v) is 2.70. The summed E-state index contributed by atoms with van der Waals surface area (Å²) >= 11 is 1.82. The molecule has 0 radical (unpaired) electrons. The number of rotatable bonds is 6. The van der Waals surface area contributed by atoms with Crippen LogP contribution in [-0.2, 0) is 13.2 Å². The van der Waals surface area contributed by atoms with Gasteiger partial charge >= 0.3 is 0 Å². The number of ether oxygens (including phenoxy) is 1. The molecule has 0 unspecified atom stereocenters. The molecule has 3 nitrogen and oxygen atoms in total. The van der Waals surface area contributed by atoms with E-state index in [1.807, 2.05) is 30.4 Å². The van der Waals surface area contributed by atoms with E-state index in [4.69, 9.17) is 4.74 Å². The van der Waals surface area contributed by atoms with Gasteiger partial charge in [0.05, 0.1) is 6.20 Å². The molecule has 0 saturated heterocycles. The number of nitrogens with zero attached hydrogens (tertiary/aromatic N) is 1. The normalized spacial score (nSPS) is 14.6. The first-order valence-corrected chi connectivity index (χ1v) is 7.48. The quantitative estimate of drug-likeness (QED) is 0.877. The SMILES string of the molecule is Cc1ccc(OCc2ccc(CNC3CC3)s2)cn1. The van der Waals surface area contributed by atoms with Crippen LogP contribution in [0, 0.1) is 6.92 Å². The third kappa shape index (κ3) is 3.78. The zero-order valence-electron chi connectivity index (χ0n) is 11.1. The second-order valence-corrected chi connectivity index (χ2v) is 6.20. The zero-order chi connectivity index (χ0) is 13.1. The first kappa shape index (κ1) is 12.6. The highest BCUT2D eigenvalue weighted by atomic mass is 32.1. The van der Waals surface area contributed by atoms with Crippen LogP contribution in [0.25, 0.3) is 0 Å². The van der Waals surface area contributed by atoms with Crippen molar-refractivity contribution in [2.45, 2.75) is 39.0 Å². The molecule has 2 aromatic rings. The minimum atomic E-state index is 0.624. The smallest absolute Gasteiger partial charge is 0.138 e. The molecule has 0 bridgehead atoms. The molecule has 0 atom stereocenters. The van der Waals surface area contributed by atoms with E-state index in [-0.39, 0.29) is 0 Å². The molecule has 1 N–H and O–H groups in total. The Morgan fingerprint density at radius 1 is 1.26 bits per heavy atom. The molecular formula is C15H18N2OS. The van der Waals surface area contributed by atoms with Gasteiger partial charge in [0.1, 0.15) is 12.4 Å². The molecule has 0 aromatic carbocycles. The highest BCUT2D eigenvalue weighted by Crippen LogP contribution is 2.22. The maximum atomic E-state index is 5.73. The van der Waals surface area contributed by atoms with Crippen molar-refractivity contribution >= 4 is 11.3 Å². The van der Waals surface area contributed by atoms with Gasteiger partial charge in [0.2, 0.25) is 0 Å². The summed E-state index contributed by atoms with van der Waals surface area (Å²) in [6.07, 6.45) is 4.45. The number of nitrogens with one attached hydrogen (secondary N) is 1. The van der Waals surface area contributed by atoms with E-state index >= 15 is 0 Å². The summed E-state index contributed by atoms with van der Waals surface area (Å²) in [5.74, 6) is 0.830. The minimum absolute atomic E-state index is 0.624. The van der Waals surface area contributed by atoms with Crippen LogP contribution in [0.15, 0.2) is 30.5 Å². The van der Waals surface area contributed by atoms with Crippen molar-refractivity contribution in [3.05, 3.63) is 45.9 Å². The summed E-state index contributed by atoms with van der Waals surface area (Å²) in [5.41, 5.74) is 1.01. The fraction of sp³-hybridized carbons (Fsp3) is 0.400. The number of pyridine rings is 1. The number of hydrogen-bond acceptors (Lipinski definition) is 4. The zero-order valence-corrected chi connectivity index (χ0v) is 11.9. The number of thiophene rings is 1. The summed E-state index contributed by atoms with van der Waals surface area (Å²) in [7, 11) is 0. The highest BCUT2D eigenvalue weighted by molar-refractivity contribution is 7.11. The van der Waals surface area contributed by atoms with Crippen LogP contribution < -0.4 is 10.1 Å². The average Bonchev–Trinajstić information content (AvgIpc) is 3.15. The van der Waals surface area contributed by atoms with Crippen molar-refractivity contribution in [2.75, 3.05) is 0 Å². The number of aryl methyl sites for hydroxylation is 1. The van der Waals surface area contributed by atoms with Gasteiger partial charge in [0.15, 0.2) is 0 Å². The Morgan fingerprint density at radius 3 is 2.84 bits per heavy atom. The van der Waals surface area contributed by atoms with Gasteiger partial charge in [-0.1, -0.05) is 0 Å². The van der Waals surface area contributed by atoms with Crippen LogP contribution in [0.4, 0.5) is 0 Å². The van der Waals surface area contributed by atoms with Crippen LogP contribution >= 0.6 is 11.3 Å². The van der Waals surface area contributed by atoms with Crippen molar-refractivity contribution in [2.24, 2.45) is 0 Å². The maximum absolute atomic E-state index is 5.73. The topological polar surface area (TPSA) is 34.1 Å². The lowest BCUT2D eigenvalue weighted by Gasteiger charge is -2.04.